The highest BCUT2D eigenvalue weighted by Gasteiger charge is 2.36. The summed E-state index contributed by atoms with van der Waals surface area (Å²) in [6.45, 7) is 0. The van der Waals surface area contributed by atoms with E-state index >= 15 is 0 Å². The highest BCUT2D eigenvalue weighted by molar-refractivity contribution is 5.96. The Labute approximate surface area is 201 Å². The van der Waals surface area contributed by atoms with Crippen molar-refractivity contribution >= 4 is 11.7 Å². The summed E-state index contributed by atoms with van der Waals surface area (Å²) in [6, 6.07) is 21.6. The van der Waals surface area contributed by atoms with E-state index in [9.17, 15) is 9.59 Å². The van der Waals surface area contributed by atoms with Gasteiger partial charge in [0, 0.05) is 37.9 Å². The number of rotatable bonds is 13. The SMILES string of the molecule is COC(c1ccccc1)(c1ccncc1)c1ccc(C(=O)CCCCCCCC(=O)NO)cc1. The van der Waals surface area contributed by atoms with Gasteiger partial charge < -0.3 is 4.74 Å². The Kier molecular flexibility index (Phi) is 9.50. The molecular formula is C28H32N2O4. The zero-order valence-corrected chi connectivity index (χ0v) is 19.6. The lowest BCUT2D eigenvalue weighted by Gasteiger charge is -2.34. The van der Waals surface area contributed by atoms with Crippen LogP contribution in [0.2, 0.25) is 0 Å². The van der Waals surface area contributed by atoms with Gasteiger partial charge in [-0.05, 0) is 41.7 Å². The van der Waals surface area contributed by atoms with Crippen molar-refractivity contribution in [2.24, 2.45) is 0 Å². The molecular weight excluding hydrogens is 428 g/mol. The Morgan fingerprint density at radius 3 is 1.97 bits per heavy atom. The van der Waals surface area contributed by atoms with Crippen LogP contribution < -0.4 is 5.48 Å². The van der Waals surface area contributed by atoms with Crippen LogP contribution in [0.25, 0.3) is 0 Å². The average Bonchev–Trinajstić information content (AvgIpc) is 2.90. The summed E-state index contributed by atoms with van der Waals surface area (Å²) in [7, 11) is 1.70. The van der Waals surface area contributed by atoms with Crippen LogP contribution in [0.5, 0.6) is 0 Å². The molecule has 1 atom stereocenters. The summed E-state index contributed by atoms with van der Waals surface area (Å²) in [6.07, 6.45) is 8.69. The maximum absolute atomic E-state index is 12.7. The van der Waals surface area contributed by atoms with Crippen LogP contribution in [0.1, 0.15) is 72.0 Å². The second kappa shape index (κ2) is 12.8. The summed E-state index contributed by atoms with van der Waals surface area (Å²) < 4.78 is 6.18. The smallest absolute Gasteiger partial charge is 0.243 e. The van der Waals surface area contributed by atoms with Crippen molar-refractivity contribution in [1.82, 2.24) is 10.5 Å². The van der Waals surface area contributed by atoms with E-state index in [2.05, 4.69) is 4.98 Å². The summed E-state index contributed by atoms with van der Waals surface area (Å²) in [4.78, 5) is 27.9. The molecule has 178 valence electrons. The molecule has 0 bridgehead atoms. The number of aromatic nitrogens is 1. The first-order valence-corrected chi connectivity index (χ1v) is 11.7. The zero-order chi connectivity index (χ0) is 24.2. The van der Waals surface area contributed by atoms with Crippen molar-refractivity contribution in [3.05, 3.63) is 101 Å². The Morgan fingerprint density at radius 1 is 0.794 bits per heavy atom. The van der Waals surface area contributed by atoms with Gasteiger partial charge in [-0.15, -0.1) is 0 Å². The standard InChI is InChI=1S/C28H32N2O4/c1-34-28(23-10-6-5-7-11-23,25-18-20-29-21-19-25)24-16-14-22(15-17-24)26(31)12-8-3-2-4-9-13-27(32)30-33/h5-7,10-11,14-21,33H,2-4,8-9,12-13H2,1H3,(H,30,32). The number of ether oxygens (including phenoxy) is 1. The summed E-state index contributed by atoms with van der Waals surface area (Å²) in [5, 5.41) is 8.49. The van der Waals surface area contributed by atoms with Gasteiger partial charge in [0.25, 0.3) is 0 Å². The number of pyridine rings is 1. The zero-order valence-electron chi connectivity index (χ0n) is 19.6. The maximum Gasteiger partial charge on any atom is 0.243 e. The Bertz CT molecular complexity index is 998. The molecule has 2 aromatic carbocycles. The molecule has 0 saturated carbocycles. The molecule has 0 aliphatic carbocycles. The molecule has 6 nitrogen and oxygen atoms in total. The monoisotopic (exact) mass is 460 g/mol. The third-order valence-electron chi connectivity index (χ3n) is 6.12. The predicted octanol–water partition coefficient (Wildman–Crippen LogP) is 5.44. The minimum Gasteiger partial charge on any atom is -0.364 e. The fourth-order valence-corrected chi connectivity index (χ4v) is 4.31. The molecule has 0 spiro atoms. The molecule has 1 aromatic heterocycles. The predicted molar refractivity (Wildman–Crippen MR) is 131 cm³/mol. The highest BCUT2D eigenvalue weighted by Crippen LogP contribution is 2.39. The number of methoxy groups -OCH3 is 1. The molecule has 6 heteroatoms. The van der Waals surface area contributed by atoms with Crippen molar-refractivity contribution in [2.75, 3.05) is 7.11 Å². The molecule has 3 rings (SSSR count). The molecule has 0 radical (unpaired) electrons. The Morgan fingerprint density at radius 2 is 1.35 bits per heavy atom. The van der Waals surface area contributed by atoms with Crippen LogP contribution in [0.3, 0.4) is 0 Å². The molecule has 34 heavy (non-hydrogen) atoms. The molecule has 0 aliphatic heterocycles. The van der Waals surface area contributed by atoms with Gasteiger partial charge in [0.05, 0.1) is 0 Å². The number of hydrogen-bond donors (Lipinski definition) is 2. The molecule has 1 heterocycles. The summed E-state index contributed by atoms with van der Waals surface area (Å²) in [5.41, 5.74) is 4.43. The number of carbonyl (C=O) groups is 2. The van der Waals surface area contributed by atoms with Gasteiger partial charge in [0.15, 0.2) is 5.78 Å². The van der Waals surface area contributed by atoms with E-state index in [1.165, 1.54) is 0 Å². The lowest BCUT2D eigenvalue weighted by Crippen LogP contribution is -2.31. The highest BCUT2D eigenvalue weighted by atomic mass is 16.5. The van der Waals surface area contributed by atoms with Gasteiger partial charge in [0.1, 0.15) is 5.60 Å². The number of carbonyl (C=O) groups excluding carboxylic acids is 2. The number of Topliss-reactive ketones (excluding diaryl/α,β-unsaturated/α-hetero) is 1. The van der Waals surface area contributed by atoms with E-state index < -0.39 is 5.60 Å². The summed E-state index contributed by atoms with van der Waals surface area (Å²) >= 11 is 0. The normalized spacial score (nSPS) is 12.6. The third kappa shape index (κ3) is 6.16. The van der Waals surface area contributed by atoms with Crippen LogP contribution in [-0.2, 0) is 15.1 Å². The summed E-state index contributed by atoms with van der Waals surface area (Å²) in [5.74, 6) is -0.231. The van der Waals surface area contributed by atoms with Crippen molar-refractivity contribution in [2.45, 2.75) is 50.5 Å². The van der Waals surface area contributed by atoms with Gasteiger partial charge in [0.2, 0.25) is 5.91 Å². The average molecular weight is 461 g/mol. The van der Waals surface area contributed by atoms with Crippen molar-refractivity contribution in [1.29, 1.82) is 0 Å². The number of ketones is 1. The maximum atomic E-state index is 12.7. The van der Waals surface area contributed by atoms with Gasteiger partial charge in [-0.3, -0.25) is 19.8 Å². The third-order valence-corrected chi connectivity index (χ3v) is 6.12. The van der Waals surface area contributed by atoms with Crippen molar-refractivity contribution < 1.29 is 19.5 Å². The number of hydroxylamine groups is 1. The lowest BCUT2D eigenvalue weighted by atomic mass is 9.80. The first-order chi connectivity index (χ1) is 16.6. The molecule has 1 amide bonds. The number of unbranched alkanes of at least 4 members (excludes halogenated alkanes) is 4. The molecule has 0 aliphatic rings. The van der Waals surface area contributed by atoms with E-state index in [1.807, 2.05) is 66.7 Å². The Hall–Kier alpha value is -3.35. The van der Waals surface area contributed by atoms with Crippen LogP contribution in [-0.4, -0.2) is 29.0 Å². The lowest BCUT2D eigenvalue weighted by molar-refractivity contribution is -0.129. The Balaban J connectivity index is 1.67. The second-order valence-corrected chi connectivity index (χ2v) is 8.29. The number of benzene rings is 2. The first-order valence-electron chi connectivity index (χ1n) is 11.7. The fourth-order valence-electron chi connectivity index (χ4n) is 4.31. The van der Waals surface area contributed by atoms with Gasteiger partial charge in [-0.1, -0.05) is 73.9 Å². The first kappa shape index (κ1) is 25.3. The molecule has 1 unspecified atom stereocenters. The number of nitrogens with zero attached hydrogens (tertiary/aromatic N) is 1. The number of amides is 1. The molecule has 0 saturated heterocycles. The van der Waals surface area contributed by atoms with Crippen LogP contribution >= 0.6 is 0 Å². The minimum atomic E-state index is -0.807. The van der Waals surface area contributed by atoms with Gasteiger partial charge >= 0.3 is 0 Å². The van der Waals surface area contributed by atoms with E-state index in [1.54, 1.807) is 25.0 Å². The minimum absolute atomic E-state index is 0.123. The number of hydrogen-bond acceptors (Lipinski definition) is 5. The topological polar surface area (TPSA) is 88.5 Å². The van der Waals surface area contributed by atoms with E-state index in [0.717, 1.165) is 48.8 Å². The number of nitrogens with one attached hydrogen (secondary N) is 1. The van der Waals surface area contributed by atoms with E-state index in [-0.39, 0.29) is 11.7 Å². The van der Waals surface area contributed by atoms with Crippen molar-refractivity contribution in [3.63, 3.8) is 0 Å². The fraction of sp³-hybridized carbons (Fsp3) is 0.321. The van der Waals surface area contributed by atoms with E-state index in [0.29, 0.717) is 18.4 Å². The van der Waals surface area contributed by atoms with Gasteiger partial charge in [-0.2, -0.15) is 0 Å². The largest absolute Gasteiger partial charge is 0.364 e. The molecule has 0 fully saturated rings. The quantitative estimate of drug-likeness (QED) is 0.153. The van der Waals surface area contributed by atoms with Crippen molar-refractivity contribution in [3.8, 4) is 0 Å². The molecule has 3 aromatic rings. The molecule has 2 N–H and O–H groups in total. The van der Waals surface area contributed by atoms with Crippen LogP contribution in [0.15, 0.2) is 79.1 Å². The van der Waals surface area contributed by atoms with Gasteiger partial charge in [-0.25, -0.2) is 5.48 Å². The van der Waals surface area contributed by atoms with Crippen LogP contribution in [0.4, 0.5) is 0 Å². The second-order valence-electron chi connectivity index (χ2n) is 8.29. The van der Waals surface area contributed by atoms with E-state index in [4.69, 9.17) is 9.94 Å². The van der Waals surface area contributed by atoms with Crippen LogP contribution in [0, 0.1) is 0 Å².